The molecule has 1 atom stereocenters. The zero-order valence-electron chi connectivity index (χ0n) is 21.7. The second-order valence-electron chi connectivity index (χ2n) is 10.5. The molecular formula is C28H33N7O2. The van der Waals surface area contributed by atoms with E-state index in [-0.39, 0.29) is 12.1 Å². The second kappa shape index (κ2) is 9.72. The van der Waals surface area contributed by atoms with Crippen molar-refractivity contribution in [3.05, 3.63) is 66.0 Å². The molecule has 0 radical (unpaired) electrons. The summed E-state index contributed by atoms with van der Waals surface area (Å²) < 4.78 is 5.73. The van der Waals surface area contributed by atoms with Crippen molar-refractivity contribution in [3.8, 4) is 11.3 Å². The number of rotatable bonds is 4. The largest absolute Gasteiger partial charge is 0.444 e. The number of aromatic nitrogens is 4. The van der Waals surface area contributed by atoms with Crippen LogP contribution in [0, 0.1) is 6.92 Å². The molecule has 37 heavy (non-hydrogen) atoms. The molecule has 2 aromatic carbocycles. The fourth-order valence-electron chi connectivity index (χ4n) is 4.73. The van der Waals surface area contributed by atoms with Gasteiger partial charge in [-0.3, -0.25) is 5.10 Å². The van der Waals surface area contributed by atoms with Gasteiger partial charge in [0.2, 0.25) is 0 Å². The number of H-pyrrole nitrogens is 1. The van der Waals surface area contributed by atoms with Gasteiger partial charge in [0.25, 0.3) is 0 Å². The van der Waals surface area contributed by atoms with Crippen molar-refractivity contribution in [2.45, 2.75) is 45.8 Å². The van der Waals surface area contributed by atoms with Gasteiger partial charge in [-0.25, -0.2) is 14.8 Å². The monoisotopic (exact) mass is 499 g/mol. The number of benzene rings is 2. The molecule has 3 heterocycles. The van der Waals surface area contributed by atoms with Gasteiger partial charge in [-0.2, -0.15) is 5.10 Å². The Hall–Kier alpha value is -4.14. The van der Waals surface area contributed by atoms with Gasteiger partial charge < -0.3 is 20.3 Å². The first-order chi connectivity index (χ1) is 17.7. The number of anilines is 2. The Morgan fingerprint density at radius 2 is 1.95 bits per heavy atom. The number of hydrogen-bond donors (Lipinski definition) is 2. The van der Waals surface area contributed by atoms with Crippen LogP contribution in [0.4, 0.5) is 16.4 Å². The molecule has 1 amide bonds. The smallest absolute Gasteiger partial charge is 0.410 e. The van der Waals surface area contributed by atoms with E-state index in [1.165, 1.54) is 0 Å². The van der Waals surface area contributed by atoms with Crippen molar-refractivity contribution in [3.63, 3.8) is 0 Å². The molecule has 0 aliphatic carbocycles. The van der Waals surface area contributed by atoms with Crippen molar-refractivity contribution in [2.24, 2.45) is 0 Å². The summed E-state index contributed by atoms with van der Waals surface area (Å²) >= 11 is 0. The predicted molar refractivity (Wildman–Crippen MR) is 145 cm³/mol. The van der Waals surface area contributed by atoms with Gasteiger partial charge in [-0.05, 0) is 51.8 Å². The Labute approximate surface area is 216 Å². The van der Waals surface area contributed by atoms with Crippen molar-refractivity contribution >= 4 is 28.6 Å². The van der Waals surface area contributed by atoms with Crippen LogP contribution >= 0.6 is 0 Å². The highest BCUT2D eigenvalue weighted by atomic mass is 16.6. The third-order valence-electron chi connectivity index (χ3n) is 6.55. The molecule has 1 fully saturated rings. The molecule has 1 aliphatic rings. The fourth-order valence-corrected chi connectivity index (χ4v) is 4.73. The number of fused-ring (bicyclic) bond motifs is 1. The summed E-state index contributed by atoms with van der Waals surface area (Å²) in [6.07, 6.45) is 2.10. The average Bonchev–Trinajstić information content (AvgIpc) is 3.24. The lowest BCUT2D eigenvalue weighted by molar-refractivity contribution is 0.0141. The molecule has 1 unspecified atom stereocenters. The molecule has 3 N–H and O–H groups in total. The quantitative estimate of drug-likeness (QED) is 0.423. The molecular weight excluding hydrogens is 466 g/mol. The van der Waals surface area contributed by atoms with Crippen molar-refractivity contribution in [1.29, 1.82) is 0 Å². The third-order valence-corrected chi connectivity index (χ3v) is 6.55. The molecule has 2 aromatic heterocycles. The van der Waals surface area contributed by atoms with Crippen molar-refractivity contribution in [1.82, 2.24) is 25.1 Å². The lowest BCUT2D eigenvalue weighted by atomic mass is 10.0. The first kappa shape index (κ1) is 24.5. The summed E-state index contributed by atoms with van der Waals surface area (Å²) in [4.78, 5) is 26.5. The number of hydrogen-bond acceptors (Lipinski definition) is 7. The van der Waals surface area contributed by atoms with Gasteiger partial charge in [0.1, 0.15) is 5.60 Å². The standard InChI is InChI=1S/C28H33N7O2/c1-18-22-15-20(10-11-23(22)33-32-18)24-16-30-25(29)26(31-24)34-12-13-35(27(36)37-28(2,3)4)21(17-34)14-19-8-6-5-7-9-19/h5-11,15-16,21H,12-14,17H2,1-4H3,(H2,29,30)(H,32,33). The number of nitrogens with zero attached hydrogens (tertiary/aromatic N) is 5. The number of carbonyl (C=O) groups is 1. The molecule has 0 saturated carbocycles. The highest BCUT2D eigenvalue weighted by molar-refractivity contribution is 5.86. The Balaban J connectivity index is 1.44. The van der Waals surface area contributed by atoms with Gasteiger partial charge >= 0.3 is 6.09 Å². The van der Waals surface area contributed by atoms with Crippen LogP contribution in [0.25, 0.3) is 22.2 Å². The minimum Gasteiger partial charge on any atom is -0.444 e. The van der Waals surface area contributed by atoms with Crippen molar-refractivity contribution < 1.29 is 9.53 Å². The van der Waals surface area contributed by atoms with Gasteiger partial charge in [0, 0.05) is 36.3 Å². The first-order valence-corrected chi connectivity index (χ1v) is 12.5. The average molecular weight is 500 g/mol. The lowest BCUT2D eigenvalue weighted by Crippen LogP contribution is -2.57. The van der Waals surface area contributed by atoms with E-state index in [9.17, 15) is 4.79 Å². The van der Waals surface area contributed by atoms with E-state index < -0.39 is 5.60 Å². The summed E-state index contributed by atoms with van der Waals surface area (Å²) in [6, 6.07) is 16.1. The summed E-state index contributed by atoms with van der Waals surface area (Å²) in [5.41, 5.74) is 10.5. The van der Waals surface area contributed by atoms with E-state index in [0.29, 0.717) is 37.7 Å². The molecule has 9 heteroatoms. The summed E-state index contributed by atoms with van der Waals surface area (Å²) in [5.74, 6) is 0.997. The maximum atomic E-state index is 13.1. The normalized spacial score (nSPS) is 16.3. The number of aromatic amines is 1. The van der Waals surface area contributed by atoms with E-state index >= 15 is 0 Å². The summed E-state index contributed by atoms with van der Waals surface area (Å²) in [5, 5.41) is 8.38. The maximum Gasteiger partial charge on any atom is 0.410 e. The number of nitrogens with one attached hydrogen (secondary N) is 1. The summed E-state index contributed by atoms with van der Waals surface area (Å²) in [7, 11) is 0. The molecule has 1 aliphatic heterocycles. The zero-order chi connectivity index (χ0) is 26.2. The molecule has 0 spiro atoms. The third kappa shape index (κ3) is 5.35. The number of nitrogen functional groups attached to an aromatic ring is 1. The van der Waals surface area contributed by atoms with Crippen LogP contribution in [0.5, 0.6) is 0 Å². The van der Waals surface area contributed by atoms with E-state index in [4.69, 9.17) is 15.5 Å². The molecule has 192 valence electrons. The molecule has 1 saturated heterocycles. The Morgan fingerprint density at radius 1 is 1.16 bits per heavy atom. The van der Waals surface area contributed by atoms with Crippen molar-refractivity contribution in [2.75, 3.05) is 30.3 Å². The number of amides is 1. The van der Waals surface area contributed by atoms with E-state index in [0.717, 1.165) is 33.4 Å². The maximum absolute atomic E-state index is 13.1. The van der Waals surface area contributed by atoms with Gasteiger partial charge in [0.15, 0.2) is 11.6 Å². The highest BCUT2D eigenvalue weighted by Crippen LogP contribution is 2.29. The van der Waals surface area contributed by atoms with E-state index in [1.54, 1.807) is 6.20 Å². The minimum atomic E-state index is -0.565. The van der Waals surface area contributed by atoms with Crippen LogP contribution in [0.15, 0.2) is 54.7 Å². The van der Waals surface area contributed by atoms with Crippen LogP contribution in [0.2, 0.25) is 0 Å². The Morgan fingerprint density at radius 3 is 2.70 bits per heavy atom. The van der Waals surface area contributed by atoms with E-state index in [1.807, 2.05) is 62.9 Å². The number of nitrogens with two attached hydrogens (primary N) is 1. The van der Waals surface area contributed by atoms with Crippen LogP contribution in [0.1, 0.15) is 32.0 Å². The predicted octanol–water partition coefficient (Wildman–Crippen LogP) is 4.58. The molecule has 0 bridgehead atoms. The second-order valence-corrected chi connectivity index (χ2v) is 10.5. The van der Waals surface area contributed by atoms with Gasteiger partial charge in [-0.15, -0.1) is 0 Å². The van der Waals surface area contributed by atoms with Gasteiger partial charge in [0.05, 0.1) is 23.4 Å². The minimum absolute atomic E-state index is 0.110. The van der Waals surface area contributed by atoms with Crippen LogP contribution in [-0.2, 0) is 11.2 Å². The Kier molecular flexibility index (Phi) is 6.45. The number of ether oxygens (including phenoxy) is 1. The number of piperazine rings is 1. The molecule has 9 nitrogen and oxygen atoms in total. The molecule has 5 rings (SSSR count). The van der Waals surface area contributed by atoms with Crippen LogP contribution < -0.4 is 10.6 Å². The lowest BCUT2D eigenvalue weighted by Gasteiger charge is -2.42. The molecule has 4 aromatic rings. The van der Waals surface area contributed by atoms with E-state index in [2.05, 4.69) is 38.3 Å². The summed E-state index contributed by atoms with van der Waals surface area (Å²) in [6.45, 7) is 9.30. The number of aryl methyl sites for hydroxylation is 1. The highest BCUT2D eigenvalue weighted by Gasteiger charge is 2.34. The van der Waals surface area contributed by atoms with Gasteiger partial charge in [-0.1, -0.05) is 36.4 Å². The SMILES string of the molecule is Cc1[nH]nc2ccc(-c3cnc(N)c(N4CCN(C(=O)OC(C)(C)C)C(Cc5ccccc5)C4)n3)cc12. The topological polar surface area (TPSA) is 113 Å². The zero-order valence-corrected chi connectivity index (χ0v) is 21.7. The first-order valence-electron chi connectivity index (χ1n) is 12.5. The number of carbonyl (C=O) groups excluding carboxylic acids is 1. The Bertz CT molecular complexity index is 1410. The van der Waals surface area contributed by atoms with Crippen LogP contribution in [-0.4, -0.2) is 62.4 Å². The fraction of sp³-hybridized carbons (Fsp3) is 0.357. The van der Waals surface area contributed by atoms with Crippen LogP contribution in [0.3, 0.4) is 0 Å².